The van der Waals surface area contributed by atoms with Gasteiger partial charge in [-0.25, -0.2) is 4.79 Å². The summed E-state index contributed by atoms with van der Waals surface area (Å²) in [5, 5.41) is 15.3. The lowest BCUT2D eigenvalue weighted by atomic mass is 9.91. The molecule has 10 heteroatoms. The van der Waals surface area contributed by atoms with Crippen molar-refractivity contribution in [2.45, 2.75) is 57.4 Å². The number of nitrogens with two attached hydrogens (primary N) is 1. The van der Waals surface area contributed by atoms with Crippen LogP contribution in [0.1, 0.15) is 31.4 Å². The maximum Gasteiger partial charge on any atom is 0.326 e. The Morgan fingerprint density at radius 3 is 2.48 bits per heavy atom. The van der Waals surface area contributed by atoms with E-state index in [1.54, 1.807) is 11.8 Å². The van der Waals surface area contributed by atoms with Crippen molar-refractivity contribution in [3.05, 3.63) is 35.4 Å². The van der Waals surface area contributed by atoms with Crippen LogP contribution in [0.5, 0.6) is 0 Å². The number of thiol groups is 1. The van der Waals surface area contributed by atoms with Crippen molar-refractivity contribution >= 4 is 42.2 Å². The van der Waals surface area contributed by atoms with Crippen molar-refractivity contribution in [1.29, 1.82) is 0 Å². The first kappa shape index (κ1) is 27.5. The molecule has 1 aromatic rings. The van der Waals surface area contributed by atoms with Crippen LogP contribution in [-0.2, 0) is 27.3 Å². The van der Waals surface area contributed by atoms with Gasteiger partial charge in [0.1, 0.15) is 6.04 Å². The highest BCUT2D eigenvalue weighted by atomic mass is 32.2. The summed E-state index contributed by atoms with van der Waals surface area (Å²) in [4.78, 5) is 39.4. The number of hydrogen-bond acceptors (Lipinski definition) is 7. The van der Waals surface area contributed by atoms with Gasteiger partial charge in [0.05, 0.1) is 12.1 Å². The first-order valence-electron chi connectivity index (χ1n) is 11.2. The Morgan fingerprint density at radius 2 is 1.91 bits per heavy atom. The lowest BCUT2D eigenvalue weighted by molar-refractivity contribution is -0.143. The van der Waals surface area contributed by atoms with E-state index in [4.69, 9.17) is 5.73 Å². The lowest BCUT2D eigenvalue weighted by Crippen LogP contribution is -2.58. The van der Waals surface area contributed by atoms with E-state index in [0.29, 0.717) is 31.7 Å². The van der Waals surface area contributed by atoms with Gasteiger partial charge in [0.25, 0.3) is 0 Å². The monoisotopic (exact) mass is 496 g/mol. The summed E-state index contributed by atoms with van der Waals surface area (Å²) in [6.45, 7) is 4.99. The van der Waals surface area contributed by atoms with Crippen LogP contribution in [0.3, 0.4) is 0 Å². The van der Waals surface area contributed by atoms with Crippen molar-refractivity contribution in [2.75, 3.05) is 24.3 Å². The minimum atomic E-state index is -1.03. The van der Waals surface area contributed by atoms with Crippen LogP contribution in [0.4, 0.5) is 0 Å². The fourth-order valence-electron chi connectivity index (χ4n) is 3.84. The summed E-state index contributed by atoms with van der Waals surface area (Å²) in [6.07, 6.45) is 2.74. The van der Waals surface area contributed by atoms with Crippen molar-refractivity contribution in [3.63, 3.8) is 0 Å². The maximum atomic E-state index is 13.3. The second kappa shape index (κ2) is 13.2. The molecule has 1 heterocycles. The van der Waals surface area contributed by atoms with Crippen LogP contribution >= 0.6 is 24.4 Å². The predicted molar refractivity (Wildman–Crippen MR) is 136 cm³/mol. The Bertz CT molecular complexity index is 823. The number of benzene rings is 1. The van der Waals surface area contributed by atoms with Crippen molar-refractivity contribution in [3.8, 4) is 0 Å². The summed E-state index contributed by atoms with van der Waals surface area (Å²) >= 11 is 5.65. The Labute approximate surface area is 205 Å². The average molecular weight is 497 g/mol. The van der Waals surface area contributed by atoms with Gasteiger partial charge < -0.3 is 21.5 Å². The molecule has 2 amide bonds. The molecule has 33 heavy (non-hydrogen) atoms. The molecule has 0 aromatic heterocycles. The summed E-state index contributed by atoms with van der Waals surface area (Å²) < 4.78 is 0. The van der Waals surface area contributed by atoms with Gasteiger partial charge in [0.2, 0.25) is 11.8 Å². The molecule has 1 aromatic carbocycles. The number of nitrogens with one attached hydrogen (secondary N) is 2. The van der Waals surface area contributed by atoms with Crippen molar-refractivity contribution < 1.29 is 19.5 Å². The molecule has 0 aliphatic carbocycles. The second-order valence-corrected chi connectivity index (χ2v) is 10.1. The average Bonchev–Trinajstić information content (AvgIpc) is 2.79. The van der Waals surface area contributed by atoms with E-state index in [9.17, 15) is 19.5 Å². The third kappa shape index (κ3) is 7.91. The number of carbonyl (C=O) groups excluding carboxylic acids is 2. The number of carbonyl (C=O) groups is 3. The number of aliphatic carboxylic acids is 1. The van der Waals surface area contributed by atoms with E-state index in [-0.39, 0.29) is 29.5 Å². The molecule has 2 rings (SSSR count). The number of fused-ring (bicyclic) bond motifs is 1. The van der Waals surface area contributed by atoms with Gasteiger partial charge in [-0.1, -0.05) is 38.1 Å². The molecule has 0 bridgehead atoms. The van der Waals surface area contributed by atoms with Crippen LogP contribution in [0.2, 0.25) is 0 Å². The van der Waals surface area contributed by atoms with Gasteiger partial charge in [0.15, 0.2) is 0 Å². The molecule has 0 spiro atoms. The zero-order valence-electron chi connectivity index (χ0n) is 19.5. The van der Waals surface area contributed by atoms with Crippen molar-refractivity contribution in [2.24, 2.45) is 11.7 Å². The molecule has 8 nitrogen and oxygen atoms in total. The van der Waals surface area contributed by atoms with Gasteiger partial charge >= 0.3 is 5.97 Å². The molecule has 0 saturated heterocycles. The number of amides is 2. The molecule has 4 atom stereocenters. The van der Waals surface area contributed by atoms with Crippen LogP contribution < -0.4 is 16.4 Å². The topological polar surface area (TPSA) is 125 Å². The van der Waals surface area contributed by atoms with Gasteiger partial charge in [-0.05, 0) is 41.9 Å². The van der Waals surface area contributed by atoms with Gasteiger partial charge in [-0.3, -0.25) is 14.5 Å². The van der Waals surface area contributed by atoms with E-state index >= 15 is 0 Å². The van der Waals surface area contributed by atoms with Crippen LogP contribution in [-0.4, -0.2) is 76.3 Å². The normalized spacial score (nSPS) is 18.8. The standard InChI is InChI=1S/C23H36N4O4S2/c1-14(2)19(26-21(28)17(24)13-32)12-27-11-16-7-5-4-6-15(16)10-20(27)22(29)25-18(23(30)31)8-9-33-3/h4-7,14,17-20,32H,8-13,24H2,1-3H3,(H,25,29)(H,26,28)(H,30,31)/t17-,18-,19+,20-/m1/s1. The highest BCUT2D eigenvalue weighted by molar-refractivity contribution is 7.98. The molecular formula is C23H36N4O4S2. The first-order valence-corrected chi connectivity index (χ1v) is 13.2. The predicted octanol–water partition coefficient (Wildman–Crippen LogP) is 1.13. The number of thioether (sulfide) groups is 1. The molecular weight excluding hydrogens is 460 g/mol. The molecule has 0 fully saturated rings. The molecule has 0 radical (unpaired) electrons. The van der Waals surface area contributed by atoms with E-state index in [0.717, 1.165) is 11.1 Å². The van der Waals surface area contributed by atoms with Crippen LogP contribution in [0.25, 0.3) is 0 Å². The molecule has 1 aliphatic heterocycles. The molecule has 5 N–H and O–H groups in total. The smallest absolute Gasteiger partial charge is 0.326 e. The van der Waals surface area contributed by atoms with Crippen molar-refractivity contribution in [1.82, 2.24) is 15.5 Å². The number of carboxylic acids is 1. The maximum absolute atomic E-state index is 13.3. The van der Waals surface area contributed by atoms with E-state index < -0.39 is 24.1 Å². The first-order chi connectivity index (χ1) is 15.7. The Morgan fingerprint density at radius 1 is 1.24 bits per heavy atom. The number of hydrogen-bond donors (Lipinski definition) is 5. The fraction of sp³-hybridized carbons (Fsp3) is 0.609. The van der Waals surface area contributed by atoms with Crippen LogP contribution in [0, 0.1) is 5.92 Å². The zero-order valence-corrected chi connectivity index (χ0v) is 21.2. The largest absolute Gasteiger partial charge is 0.480 e. The minimum Gasteiger partial charge on any atom is -0.480 e. The summed E-state index contributed by atoms with van der Waals surface area (Å²) in [7, 11) is 0. The number of rotatable bonds is 12. The molecule has 0 saturated carbocycles. The third-order valence-electron chi connectivity index (χ3n) is 5.97. The Kier molecular flexibility index (Phi) is 11.0. The Hall–Kier alpha value is -1.75. The molecule has 1 aliphatic rings. The molecule has 184 valence electrons. The highest BCUT2D eigenvalue weighted by Gasteiger charge is 2.35. The minimum absolute atomic E-state index is 0.107. The highest BCUT2D eigenvalue weighted by Crippen LogP contribution is 2.25. The van der Waals surface area contributed by atoms with E-state index in [1.165, 1.54) is 0 Å². The molecule has 0 unspecified atom stereocenters. The Balaban J connectivity index is 2.24. The lowest BCUT2D eigenvalue weighted by Gasteiger charge is -2.39. The fourth-order valence-corrected chi connectivity index (χ4v) is 4.47. The third-order valence-corrected chi connectivity index (χ3v) is 7.01. The zero-order chi connectivity index (χ0) is 24.5. The number of carboxylic acid groups (broad SMARTS) is 1. The van der Waals surface area contributed by atoms with Crippen LogP contribution in [0.15, 0.2) is 24.3 Å². The number of nitrogens with zero attached hydrogens (tertiary/aromatic N) is 1. The van der Waals surface area contributed by atoms with Gasteiger partial charge in [-0.15, -0.1) is 0 Å². The second-order valence-electron chi connectivity index (χ2n) is 8.75. The van der Waals surface area contributed by atoms with E-state index in [1.807, 2.05) is 49.3 Å². The van der Waals surface area contributed by atoms with E-state index in [2.05, 4.69) is 23.3 Å². The summed E-state index contributed by atoms with van der Waals surface area (Å²) in [6, 6.07) is 5.55. The van der Waals surface area contributed by atoms with Gasteiger partial charge in [-0.2, -0.15) is 24.4 Å². The summed E-state index contributed by atoms with van der Waals surface area (Å²) in [5.41, 5.74) is 8.04. The summed E-state index contributed by atoms with van der Waals surface area (Å²) in [5.74, 6) is -0.625. The quantitative estimate of drug-likeness (QED) is 0.275. The SMILES string of the molecule is CSCC[C@@H](NC(=O)[C@H]1Cc2ccccc2CN1C[C@H](NC(=O)[C@H](N)CS)C(C)C)C(=O)O. The van der Waals surface area contributed by atoms with Gasteiger partial charge in [0, 0.05) is 24.9 Å².